The fourth-order valence-corrected chi connectivity index (χ4v) is 1.43. The third-order valence-electron chi connectivity index (χ3n) is 2.19. The molecule has 0 aliphatic heterocycles. The molecule has 1 aromatic carbocycles. The zero-order valence-corrected chi connectivity index (χ0v) is 15.1. The van der Waals surface area contributed by atoms with Crippen LogP contribution >= 0.6 is 0 Å². The SMILES string of the molecule is CC.CC.CC.COC(=O)C(=O)C(C(C)=O)c1ccccc1. The molecule has 22 heavy (non-hydrogen) atoms. The number of methoxy groups -OCH3 is 1. The predicted molar refractivity (Wildman–Crippen MR) is 90.9 cm³/mol. The summed E-state index contributed by atoms with van der Waals surface area (Å²) in [5.74, 6) is -3.26. The quantitative estimate of drug-likeness (QED) is 0.475. The number of benzene rings is 1. The van der Waals surface area contributed by atoms with Crippen molar-refractivity contribution in [3.8, 4) is 0 Å². The molecule has 0 heterocycles. The van der Waals surface area contributed by atoms with Gasteiger partial charge in [0.25, 0.3) is 5.78 Å². The van der Waals surface area contributed by atoms with E-state index in [1.54, 1.807) is 30.3 Å². The molecule has 1 atom stereocenters. The zero-order valence-electron chi connectivity index (χ0n) is 15.1. The second kappa shape index (κ2) is 17.1. The van der Waals surface area contributed by atoms with Crippen molar-refractivity contribution in [2.24, 2.45) is 0 Å². The lowest BCUT2D eigenvalue weighted by Crippen LogP contribution is -2.28. The summed E-state index contributed by atoms with van der Waals surface area (Å²) in [6.07, 6.45) is 0. The Bertz CT molecular complexity index is 410. The number of hydrogen-bond donors (Lipinski definition) is 0. The van der Waals surface area contributed by atoms with E-state index in [0.717, 1.165) is 7.11 Å². The van der Waals surface area contributed by atoms with E-state index < -0.39 is 17.7 Å². The Balaban J connectivity index is -0.000000535. The Hall–Kier alpha value is -1.97. The van der Waals surface area contributed by atoms with Crippen LogP contribution in [0.1, 0.15) is 59.9 Å². The van der Waals surface area contributed by atoms with Crippen molar-refractivity contribution >= 4 is 17.5 Å². The smallest absolute Gasteiger partial charge is 0.375 e. The van der Waals surface area contributed by atoms with Crippen LogP contribution in [-0.4, -0.2) is 24.6 Å². The van der Waals surface area contributed by atoms with Gasteiger partial charge in [-0.1, -0.05) is 71.9 Å². The first-order valence-electron chi connectivity index (χ1n) is 7.75. The average molecular weight is 310 g/mol. The molecular formula is C18H30O4. The lowest BCUT2D eigenvalue weighted by molar-refractivity contribution is -0.153. The van der Waals surface area contributed by atoms with Gasteiger partial charge in [0.05, 0.1) is 7.11 Å². The van der Waals surface area contributed by atoms with Crippen LogP contribution < -0.4 is 0 Å². The van der Waals surface area contributed by atoms with Crippen LogP contribution in [0.15, 0.2) is 30.3 Å². The van der Waals surface area contributed by atoms with Crippen molar-refractivity contribution in [3.05, 3.63) is 35.9 Å². The van der Waals surface area contributed by atoms with Gasteiger partial charge in [0.1, 0.15) is 11.7 Å². The van der Waals surface area contributed by atoms with Crippen molar-refractivity contribution in [3.63, 3.8) is 0 Å². The maximum absolute atomic E-state index is 11.6. The highest BCUT2D eigenvalue weighted by atomic mass is 16.5. The van der Waals surface area contributed by atoms with E-state index in [-0.39, 0.29) is 5.78 Å². The van der Waals surface area contributed by atoms with Gasteiger partial charge in [-0.2, -0.15) is 0 Å². The molecule has 0 radical (unpaired) electrons. The summed E-state index contributed by atoms with van der Waals surface area (Å²) in [6.45, 7) is 13.3. The molecule has 0 N–H and O–H groups in total. The number of carbonyl (C=O) groups excluding carboxylic acids is 3. The third-order valence-corrected chi connectivity index (χ3v) is 2.19. The molecule has 0 saturated heterocycles. The van der Waals surface area contributed by atoms with Crippen LogP contribution in [0.2, 0.25) is 0 Å². The molecule has 0 saturated carbocycles. The van der Waals surface area contributed by atoms with Gasteiger partial charge in [-0.15, -0.1) is 0 Å². The summed E-state index contributed by atoms with van der Waals surface area (Å²) in [4.78, 5) is 34.1. The molecule has 1 rings (SSSR count). The molecule has 0 fully saturated rings. The summed E-state index contributed by atoms with van der Waals surface area (Å²) in [5, 5.41) is 0. The number of hydrogen-bond acceptors (Lipinski definition) is 4. The van der Waals surface area contributed by atoms with Gasteiger partial charge in [0.2, 0.25) is 0 Å². The van der Waals surface area contributed by atoms with Gasteiger partial charge in [0.15, 0.2) is 0 Å². The maximum atomic E-state index is 11.6. The third kappa shape index (κ3) is 9.06. The second-order valence-electron chi connectivity index (χ2n) is 3.31. The van der Waals surface area contributed by atoms with Crippen molar-refractivity contribution < 1.29 is 19.1 Å². The van der Waals surface area contributed by atoms with Crippen molar-refractivity contribution in [1.29, 1.82) is 0 Å². The average Bonchev–Trinajstić information content (AvgIpc) is 2.60. The Morgan fingerprint density at radius 1 is 0.864 bits per heavy atom. The number of ether oxygens (including phenoxy) is 1. The van der Waals surface area contributed by atoms with E-state index in [1.165, 1.54) is 6.92 Å². The fraction of sp³-hybridized carbons (Fsp3) is 0.500. The molecular weight excluding hydrogens is 280 g/mol. The monoisotopic (exact) mass is 310 g/mol. The molecule has 4 nitrogen and oxygen atoms in total. The summed E-state index contributed by atoms with van der Waals surface area (Å²) >= 11 is 0. The van der Waals surface area contributed by atoms with Crippen LogP contribution in [-0.2, 0) is 19.1 Å². The van der Waals surface area contributed by atoms with Gasteiger partial charge in [-0.05, 0) is 12.5 Å². The molecule has 0 amide bonds. The lowest BCUT2D eigenvalue weighted by atomic mass is 9.91. The van der Waals surface area contributed by atoms with Gasteiger partial charge >= 0.3 is 5.97 Å². The van der Waals surface area contributed by atoms with E-state index in [2.05, 4.69) is 4.74 Å². The van der Waals surface area contributed by atoms with Crippen LogP contribution in [0.3, 0.4) is 0 Å². The van der Waals surface area contributed by atoms with Crippen LogP contribution in [0, 0.1) is 0 Å². The van der Waals surface area contributed by atoms with E-state index in [1.807, 2.05) is 41.5 Å². The summed E-state index contributed by atoms with van der Waals surface area (Å²) in [5.41, 5.74) is 0.505. The number of ketones is 2. The Kier molecular flexibility index (Phi) is 19.4. The minimum Gasteiger partial charge on any atom is -0.463 e. The molecule has 4 heteroatoms. The topological polar surface area (TPSA) is 60.4 Å². The van der Waals surface area contributed by atoms with Crippen LogP contribution in [0.4, 0.5) is 0 Å². The lowest BCUT2D eigenvalue weighted by Gasteiger charge is -2.11. The van der Waals surface area contributed by atoms with Crippen molar-refractivity contribution in [1.82, 2.24) is 0 Å². The van der Waals surface area contributed by atoms with Gasteiger partial charge < -0.3 is 4.74 Å². The zero-order chi connectivity index (χ0) is 18.1. The normalized spacial score (nSPS) is 9.27. The molecule has 1 unspecified atom stereocenters. The van der Waals surface area contributed by atoms with Gasteiger partial charge in [0, 0.05) is 0 Å². The molecule has 0 aliphatic rings. The second-order valence-corrected chi connectivity index (χ2v) is 3.31. The number of carbonyl (C=O) groups is 3. The van der Waals surface area contributed by atoms with Gasteiger partial charge in [-0.3, -0.25) is 9.59 Å². The van der Waals surface area contributed by atoms with Crippen LogP contribution in [0.25, 0.3) is 0 Å². The van der Waals surface area contributed by atoms with E-state index in [4.69, 9.17) is 0 Å². The van der Waals surface area contributed by atoms with E-state index in [9.17, 15) is 14.4 Å². The predicted octanol–water partition coefficient (Wildman–Crippen LogP) is 4.18. The Morgan fingerprint density at radius 2 is 1.27 bits per heavy atom. The largest absolute Gasteiger partial charge is 0.463 e. The van der Waals surface area contributed by atoms with E-state index >= 15 is 0 Å². The number of rotatable bonds is 4. The number of esters is 1. The summed E-state index contributed by atoms with van der Waals surface area (Å²) in [7, 11) is 1.11. The van der Waals surface area contributed by atoms with Crippen molar-refractivity contribution in [2.75, 3.05) is 7.11 Å². The standard InChI is InChI=1S/C12H12O4.3C2H6/c1-8(13)10(11(14)12(15)16-2)9-6-4-3-5-7-9;3*1-2/h3-7,10H,1-2H3;3*1-2H3. The molecule has 126 valence electrons. The van der Waals surface area contributed by atoms with Gasteiger partial charge in [-0.25, -0.2) is 4.79 Å². The highest BCUT2D eigenvalue weighted by molar-refractivity contribution is 6.40. The summed E-state index contributed by atoms with van der Waals surface area (Å²) < 4.78 is 4.32. The maximum Gasteiger partial charge on any atom is 0.375 e. The Morgan fingerprint density at radius 3 is 1.59 bits per heavy atom. The first-order valence-corrected chi connectivity index (χ1v) is 7.75. The minimum absolute atomic E-state index is 0.374. The molecule has 1 aromatic rings. The first kappa shape index (κ1) is 25.0. The molecule has 0 aliphatic carbocycles. The minimum atomic E-state index is -1.06. The highest BCUT2D eigenvalue weighted by Gasteiger charge is 2.31. The summed E-state index contributed by atoms with van der Waals surface area (Å²) in [6, 6.07) is 8.44. The van der Waals surface area contributed by atoms with E-state index in [0.29, 0.717) is 5.56 Å². The first-order chi connectivity index (χ1) is 10.6. The fourth-order valence-electron chi connectivity index (χ4n) is 1.43. The van der Waals surface area contributed by atoms with Crippen LogP contribution in [0.5, 0.6) is 0 Å². The highest BCUT2D eigenvalue weighted by Crippen LogP contribution is 2.18. The molecule has 0 spiro atoms. The Labute approximate surface area is 134 Å². The van der Waals surface area contributed by atoms with Crippen molar-refractivity contribution in [2.45, 2.75) is 54.4 Å². The number of Topliss-reactive ketones (excluding diaryl/α,β-unsaturated/α-hetero) is 2. The molecule has 0 bridgehead atoms. The molecule has 0 aromatic heterocycles.